The molecule has 2 aromatic rings. The van der Waals surface area contributed by atoms with Gasteiger partial charge in [-0.1, -0.05) is 58.4 Å². The van der Waals surface area contributed by atoms with Crippen LogP contribution in [-0.4, -0.2) is 31.0 Å². The summed E-state index contributed by atoms with van der Waals surface area (Å²) in [7, 11) is -0.571. The number of benzene rings is 2. The van der Waals surface area contributed by atoms with E-state index in [1.807, 2.05) is 89.2 Å². The van der Waals surface area contributed by atoms with Crippen molar-refractivity contribution in [2.75, 3.05) is 6.54 Å². The van der Waals surface area contributed by atoms with Gasteiger partial charge in [0.05, 0.1) is 11.2 Å². The van der Waals surface area contributed by atoms with Crippen LogP contribution in [0.15, 0.2) is 58.5 Å². The number of hydrogen-bond donors (Lipinski definition) is 1. The lowest BCUT2D eigenvalue weighted by Gasteiger charge is -2.32. The Morgan fingerprint density at radius 2 is 1.74 bits per heavy atom. The second-order valence-electron chi connectivity index (χ2n) is 8.72. The Bertz CT molecular complexity index is 943. The molecule has 1 fully saturated rings. The first-order valence-electron chi connectivity index (χ1n) is 10.3. The van der Waals surface area contributed by atoms with Gasteiger partial charge in [0.25, 0.3) is 0 Å². The molecule has 0 aromatic heterocycles. The molecule has 1 aliphatic rings. The first-order valence-corrected chi connectivity index (χ1v) is 11.1. The van der Waals surface area contributed by atoms with E-state index in [9.17, 15) is 4.79 Å². The van der Waals surface area contributed by atoms with Crippen molar-refractivity contribution < 1.29 is 18.8 Å². The first kappa shape index (κ1) is 23.6. The molecule has 31 heavy (non-hydrogen) atoms. The molecular weight excluding hydrogens is 457 g/mol. The zero-order valence-corrected chi connectivity index (χ0v) is 20.3. The van der Waals surface area contributed by atoms with Crippen LogP contribution in [0.4, 0.5) is 4.79 Å². The number of carbonyl (C=O) groups excluding carboxylic acids is 1. The molecular formula is C24H29BBrNO4. The van der Waals surface area contributed by atoms with Gasteiger partial charge in [-0.05, 0) is 68.9 Å². The van der Waals surface area contributed by atoms with Gasteiger partial charge < -0.3 is 19.4 Å². The molecule has 0 unspecified atom stereocenters. The van der Waals surface area contributed by atoms with Crippen molar-refractivity contribution in [3.05, 3.63) is 75.2 Å². The number of amides is 1. The summed E-state index contributed by atoms with van der Waals surface area (Å²) in [5.74, 6) is 0. The summed E-state index contributed by atoms with van der Waals surface area (Å²) in [6.45, 7) is 10.5. The third-order valence-electron chi connectivity index (χ3n) is 5.79. The average Bonchev–Trinajstić information content (AvgIpc) is 2.94. The molecule has 0 radical (unpaired) electrons. The standard InChI is InChI=1S/C24H29BBrNO4/c1-17-11-12-21(26)14-19(17)13-20(25-30-23(2,3)24(4,5)31-25)15-27-22(28)29-16-18-9-7-6-8-10-18/h6-14H,15-16H2,1-5H3,(H,27,28). The molecule has 2 aromatic carbocycles. The van der Waals surface area contributed by atoms with Crippen molar-refractivity contribution in [2.45, 2.75) is 52.4 Å². The Morgan fingerprint density at radius 1 is 1.10 bits per heavy atom. The first-order chi connectivity index (χ1) is 14.6. The van der Waals surface area contributed by atoms with E-state index in [0.717, 1.165) is 26.6 Å². The van der Waals surface area contributed by atoms with Crippen LogP contribution in [0, 0.1) is 6.92 Å². The van der Waals surface area contributed by atoms with Gasteiger partial charge >= 0.3 is 13.2 Å². The molecule has 0 spiro atoms. The molecule has 164 valence electrons. The van der Waals surface area contributed by atoms with Crippen LogP contribution in [0.3, 0.4) is 0 Å². The van der Waals surface area contributed by atoms with E-state index in [-0.39, 0.29) is 13.2 Å². The van der Waals surface area contributed by atoms with Crippen LogP contribution in [0.25, 0.3) is 6.08 Å². The molecule has 0 atom stereocenters. The molecule has 7 heteroatoms. The van der Waals surface area contributed by atoms with Gasteiger partial charge in [0, 0.05) is 11.0 Å². The molecule has 5 nitrogen and oxygen atoms in total. The number of hydrogen-bond acceptors (Lipinski definition) is 4. The number of aryl methyl sites for hydroxylation is 1. The van der Waals surface area contributed by atoms with E-state index in [2.05, 4.69) is 21.2 Å². The van der Waals surface area contributed by atoms with E-state index in [0.29, 0.717) is 0 Å². The predicted molar refractivity (Wildman–Crippen MR) is 128 cm³/mol. The maximum absolute atomic E-state index is 12.3. The minimum Gasteiger partial charge on any atom is -0.445 e. The second kappa shape index (κ2) is 9.59. The largest absolute Gasteiger partial charge is 0.492 e. The van der Waals surface area contributed by atoms with Crippen molar-refractivity contribution in [1.82, 2.24) is 5.32 Å². The SMILES string of the molecule is Cc1ccc(Br)cc1C=C(CNC(=O)OCc1ccccc1)B1OC(C)(C)C(C)(C)O1. The van der Waals surface area contributed by atoms with Crippen molar-refractivity contribution in [3.63, 3.8) is 0 Å². The van der Waals surface area contributed by atoms with E-state index < -0.39 is 24.4 Å². The van der Waals surface area contributed by atoms with Crippen molar-refractivity contribution >= 4 is 35.2 Å². The highest BCUT2D eigenvalue weighted by molar-refractivity contribution is 9.10. The highest BCUT2D eigenvalue weighted by Gasteiger charge is 2.52. The van der Waals surface area contributed by atoms with E-state index in [1.165, 1.54) is 0 Å². The van der Waals surface area contributed by atoms with E-state index >= 15 is 0 Å². The van der Waals surface area contributed by atoms with Crippen molar-refractivity contribution in [1.29, 1.82) is 0 Å². The van der Waals surface area contributed by atoms with E-state index in [1.54, 1.807) is 0 Å². The van der Waals surface area contributed by atoms with Gasteiger partial charge in [-0.2, -0.15) is 0 Å². The number of ether oxygens (including phenoxy) is 1. The zero-order chi connectivity index (χ0) is 22.6. The van der Waals surface area contributed by atoms with Gasteiger partial charge in [0.15, 0.2) is 0 Å². The minimum absolute atomic E-state index is 0.215. The van der Waals surface area contributed by atoms with Crippen LogP contribution in [-0.2, 0) is 20.7 Å². The summed E-state index contributed by atoms with van der Waals surface area (Å²) in [4.78, 5) is 12.3. The molecule has 3 rings (SSSR count). The fourth-order valence-electron chi connectivity index (χ4n) is 3.11. The molecule has 1 amide bonds. The highest BCUT2D eigenvalue weighted by Crippen LogP contribution is 2.39. The molecule has 1 saturated heterocycles. The third-order valence-corrected chi connectivity index (χ3v) is 6.28. The van der Waals surface area contributed by atoms with Crippen LogP contribution < -0.4 is 5.32 Å². The second-order valence-corrected chi connectivity index (χ2v) is 9.64. The maximum Gasteiger partial charge on any atom is 0.492 e. The molecule has 0 saturated carbocycles. The van der Waals surface area contributed by atoms with Crippen LogP contribution in [0.1, 0.15) is 44.4 Å². The van der Waals surface area contributed by atoms with Crippen molar-refractivity contribution in [2.24, 2.45) is 0 Å². The van der Waals surface area contributed by atoms with Gasteiger partial charge in [0.2, 0.25) is 0 Å². The van der Waals surface area contributed by atoms with Crippen LogP contribution in [0.2, 0.25) is 0 Å². The number of alkyl carbamates (subject to hydrolysis) is 1. The third kappa shape index (κ3) is 6.00. The number of nitrogens with one attached hydrogen (secondary N) is 1. The van der Waals surface area contributed by atoms with Gasteiger partial charge in [-0.3, -0.25) is 0 Å². The zero-order valence-electron chi connectivity index (χ0n) is 18.7. The predicted octanol–water partition coefficient (Wildman–Crippen LogP) is 5.70. The Kier molecular flexibility index (Phi) is 7.29. The van der Waals surface area contributed by atoms with Crippen molar-refractivity contribution in [3.8, 4) is 0 Å². The molecule has 0 bridgehead atoms. The number of rotatable bonds is 6. The lowest BCUT2D eigenvalue weighted by atomic mass is 9.76. The van der Waals surface area contributed by atoms with Crippen LogP contribution in [0.5, 0.6) is 0 Å². The highest BCUT2D eigenvalue weighted by atomic mass is 79.9. The Hall–Kier alpha value is -2.09. The Labute approximate surface area is 193 Å². The normalized spacial score (nSPS) is 17.5. The molecule has 0 aliphatic carbocycles. The summed E-state index contributed by atoms with van der Waals surface area (Å²) in [5.41, 5.74) is 2.94. The number of carbonyl (C=O) groups is 1. The molecule has 1 aliphatic heterocycles. The Morgan fingerprint density at radius 3 is 2.39 bits per heavy atom. The van der Waals surface area contributed by atoms with E-state index in [4.69, 9.17) is 14.0 Å². The fraction of sp³-hybridized carbons (Fsp3) is 0.375. The fourth-order valence-corrected chi connectivity index (χ4v) is 3.49. The van der Waals surface area contributed by atoms with Gasteiger partial charge in [0.1, 0.15) is 6.61 Å². The van der Waals surface area contributed by atoms with Gasteiger partial charge in [-0.25, -0.2) is 4.79 Å². The Balaban J connectivity index is 1.75. The smallest absolute Gasteiger partial charge is 0.445 e. The lowest BCUT2D eigenvalue weighted by molar-refractivity contribution is 0.00578. The summed E-state index contributed by atoms with van der Waals surface area (Å²) >= 11 is 3.53. The summed E-state index contributed by atoms with van der Waals surface area (Å²) < 4.78 is 18.8. The maximum atomic E-state index is 12.3. The summed E-state index contributed by atoms with van der Waals surface area (Å²) in [6.07, 6.45) is 1.52. The average molecular weight is 486 g/mol. The summed E-state index contributed by atoms with van der Waals surface area (Å²) in [5, 5.41) is 2.84. The van der Waals surface area contributed by atoms with Crippen LogP contribution >= 0.6 is 15.9 Å². The summed E-state index contributed by atoms with van der Waals surface area (Å²) in [6, 6.07) is 15.7. The quantitative estimate of drug-likeness (QED) is 0.533. The molecule has 1 heterocycles. The monoisotopic (exact) mass is 485 g/mol. The molecule has 1 N–H and O–H groups in total. The van der Waals surface area contributed by atoms with Gasteiger partial charge in [-0.15, -0.1) is 0 Å². The minimum atomic E-state index is -0.571. The topological polar surface area (TPSA) is 56.8 Å². The lowest BCUT2D eigenvalue weighted by Crippen LogP contribution is -2.41. The number of halogens is 1.